The second kappa shape index (κ2) is 69.1. The number of ether oxygens (including phenoxy) is 4. The van der Waals surface area contributed by atoms with E-state index in [1.54, 1.807) is 0 Å². The van der Waals surface area contributed by atoms with E-state index in [1.807, 2.05) is 0 Å². The number of phosphoric acid groups is 2. The number of esters is 4. The van der Waals surface area contributed by atoms with Gasteiger partial charge in [-0.15, -0.1) is 0 Å². The average molecular weight is 1450 g/mol. The van der Waals surface area contributed by atoms with Gasteiger partial charge in [0.1, 0.15) is 19.3 Å². The molecule has 5 atom stereocenters. The van der Waals surface area contributed by atoms with Gasteiger partial charge < -0.3 is 33.8 Å². The molecule has 0 aromatic carbocycles. The van der Waals surface area contributed by atoms with Crippen molar-refractivity contribution in [2.45, 2.75) is 427 Å². The fourth-order valence-corrected chi connectivity index (χ4v) is 13.8. The topological polar surface area (TPSA) is 237 Å². The van der Waals surface area contributed by atoms with Crippen LogP contribution in [0.25, 0.3) is 0 Å². The molecule has 0 aromatic rings. The lowest BCUT2D eigenvalue weighted by Gasteiger charge is -2.21. The van der Waals surface area contributed by atoms with Crippen molar-refractivity contribution in [1.82, 2.24) is 0 Å². The molecule has 0 aliphatic heterocycles. The number of hydrogen-bond donors (Lipinski definition) is 3. The molecule has 0 aromatic heterocycles. The minimum atomic E-state index is -4.96. The summed E-state index contributed by atoms with van der Waals surface area (Å²) in [6.07, 6.45) is 55.8. The summed E-state index contributed by atoms with van der Waals surface area (Å²) >= 11 is 0. The molecule has 0 spiro atoms. The molecule has 17 nitrogen and oxygen atoms in total. The first-order valence-electron chi connectivity index (χ1n) is 41.2. The molecule has 588 valence electrons. The van der Waals surface area contributed by atoms with E-state index in [0.717, 1.165) is 114 Å². The van der Waals surface area contributed by atoms with Crippen LogP contribution < -0.4 is 0 Å². The van der Waals surface area contributed by atoms with Gasteiger partial charge in [0.15, 0.2) is 12.2 Å². The van der Waals surface area contributed by atoms with Crippen LogP contribution >= 0.6 is 15.6 Å². The first kappa shape index (κ1) is 97.1. The van der Waals surface area contributed by atoms with Crippen LogP contribution in [-0.4, -0.2) is 96.7 Å². The van der Waals surface area contributed by atoms with Crippen LogP contribution in [0.1, 0.15) is 409 Å². The number of carbonyl (C=O) groups excluding carboxylic acids is 4. The first-order valence-corrected chi connectivity index (χ1v) is 44.2. The lowest BCUT2D eigenvalue weighted by atomic mass is 10.0. The molecule has 0 aliphatic carbocycles. The Hall–Kier alpha value is -1.94. The largest absolute Gasteiger partial charge is 0.472 e. The van der Waals surface area contributed by atoms with Crippen molar-refractivity contribution < 1.29 is 80.2 Å². The predicted molar refractivity (Wildman–Crippen MR) is 404 cm³/mol. The van der Waals surface area contributed by atoms with Crippen LogP contribution in [0.3, 0.4) is 0 Å². The van der Waals surface area contributed by atoms with E-state index < -0.39 is 97.5 Å². The Labute approximate surface area is 607 Å². The molecule has 0 heterocycles. The summed E-state index contributed by atoms with van der Waals surface area (Å²) in [5.41, 5.74) is 0. The molecular weight excluding hydrogens is 1290 g/mol. The van der Waals surface area contributed by atoms with Crippen LogP contribution in [0, 0.1) is 23.7 Å². The maximum absolute atomic E-state index is 13.1. The van der Waals surface area contributed by atoms with Gasteiger partial charge in [-0.3, -0.25) is 37.3 Å². The summed E-state index contributed by atoms with van der Waals surface area (Å²) in [5.74, 6) is 0.915. The number of aliphatic hydroxyl groups excluding tert-OH is 1. The third-order valence-corrected chi connectivity index (χ3v) is 20.5. The Balaban J connectivity index is 5.16. The molecule has 0 saturated heterocycles. The molecule has 19 heteroatoms. The molecule has 3 unspecified atom stereocenters. The minimum Gasteiger partial charge on any atom is -0.462 e. The summed E-state index contributed by atoms with van der Waals surface area (Å²) in [6, 6.07) is 0. The SMILES string of the molecule is CC(C)CCCCCCCCCCCCCCCCCCCCC(=O)OC[C@H](COP(=O)(O)OCC(O)COP(=O)(O)OC[C@@H](COC(=O)CCCCCCCCC(C)C)OC(=O)CCCCCCCCCCCCCCCCC(C)C)OC(=O)CCCCCCCCCCCC(C)C. The third-order valence-electron chi connectivity index (χ3n) is 18.6. The molecule has 0 fully saturated rings. The highest BCUT2D eigenvalue weighted by Crippen LogP contribution is 2.45. The molecule has 0 saturated carbocycles. The Morgan fingerprint density at radius 3 is 0.626 bits per heavy atom. The van der Waals surface area contributed by atoms with Gasteiger partial charge in [-0.2, -0.15) is 0 Å². The van der Waals surface area contributed by atoms with Crippen LogP contribution in [0.2, 0.25) is 0 Å². The minimum absolute atomic E-state index is 0.105. The van der Waals surface area contributed by atoms with Crippen LogP contribution in [0.15, 0.2) is 0 Å². The van der Waals surface area contributed by atoms with Crippen molar-refractivity contribution in [2.75, 3.05) is 39.6 Å². The molecule has 0 radical (unpaired) electrons. The van der Waals surface area contributed by atoms with E-state index in [1.165, 1.54) is 205 Å². The van der Waals surface area contributed by atoms with Gasteiger partial charge in [-0.25, -0.2) is 9.13 Å². The number of phosphoric ester groups is 2. The van der Waals surface area contributed by atoms with Crippen molar-refractivity contribution in [1.29, 1.82) is 0 Å². The second-order valence-corrected chi connectivity index (χ2v) is 33.6. The number of unbranched alkanes of at least 4 members (excludes halogenated alkanes) is 43. The number of rotatable bonds is 77. The zero-order chi connectivity index (χ0) is 73.1. The highest BCUT2D eigenvalue weighted by molar-refractivity contribution is 7.47. The lowest BCUT2D eigenvalue weighted by Crippen LogP contribution is -2.30. The van der Waals surface area contributed by atoms with Gasteiger partial charge in [0.05, 0.1) is 26.4 Å². The average Bonchev–Trinajstić information content (AvgIpc) is 0.953. The van der Waals surface area contributed by atoms with E-state index in [0.29, 0.717) is 31.6 Å². The molecule has 0 bridgehead atoms. The standard InChI is InChI=1S/C80H156O17P2/c1-70(2)56-48-40-32-26-21-17-13-11-9-10-12-14-19-23-29-35-44-52-60-77(82)90-66-75(96-80(85)63-55-47-37-31-25-28-34-42-50-58-72(5)6)68-94-98(86,87)92-64-74(81)65-93-99(88,89)95-69-76(67-91-78(83)61-53-45-39-38-43-51-59-73(7)8)97-79(84)62-54-46-36-30-24-20-16-15-18-22-27-33-41-49-57-71(3)4/h70-76,81H,9-69H2,1-8H3,(H,86,87)(H,88,89)/t74?,75-,76-/m1/s1. The number of hydrogen-bond acceptors (Lipinski definition) is 15. The molecule has 3 N–H and O–H groups in total. The highest BCUT2D eigenvalue weighted by atomic mass is 31.2. The highest BCUT2D eigenvalue weighted by Gasteiger charge is 2.30. The fourth-order valence-electron chi connectivity index (χ4n) is 12.3. The maximum Gasteiger partial charge on any atom is 0.472 e. The van der Waals surface area contributed by atoms with Crippen molar-refractivity contribution >= 4 is 39.5 Å². The molecule has 0 aliphatic rings. The smallest absolute Gasteiger partial charge is 0.462 e. The Morgan fingerprint density at radius 1 is 0.253 bits per heavy atom. The summed E-state index contributed by atoms with van der Waals surface area (Å²) < 4.78 is 68.6. The fraction of sp³-hybridized carbons (Fsp3) is 0.950. The van der Waals surface area contributed by atoms with Gasteiger partial charge >= 0.3 is 39.5 Å². The van der Waals surface area contributed by atoms with E-state index >= 15 is 0 Å². The number of aliphatic hydroxyl groups is 1. The zero-order valence-electron chi connectivity index (χ0n) is 65.1. The van der Waals surface area contributed by atoms with Crippen LogP contribution in [0.5, 0.6) is 0 Å². The second-order valence-electron chi connectivity index (χ2n) is 30.7. The van der Waals surface area contributed by atoms with Crippen molar-refractivity contribution in [3.8, 4) is 0 Å². The van der Waals surface area contributed by atoms with Gasteiger partial charge in [0.2, 0.25) is 0 Å². The van der Waals surface area contributed by atoms with Crippen molar-refractivity contribution in [3.05, 3.63) is 0 Å². The maximum atomic E-state index is 13.1. The predicted octanol–water partition coefficient (Wildman–Crippen LogP) is 23.6. The summed E-state index contributed by atoms with van der Waals surface area (Å²) in [6.45, 7) is 14.2. The quantitative estimate of drug-likeness (QED) is 0.0222. The van der Waals surface area contributed by atoms with Crippen LogP contribution in [-0.2, 0) is 65.4 Å². The normalized spacial score (nSPS) is 14.1. The zero-order valence-corrected chi connectivity index (χ0v) is 66.9. The molecule has 0 rings (SSSR count). The van der Waals surface area contributed by atoms with Gasteiger partial charge in [-0.1, -0.05) is 357 Å². The van der Waals surface area contributed by atoms with E-state index in [2.05, 4.69) is 55.4 Å². The van der Waals surface area contributed by atoms with E-state index in [-0.39, 0.29) is 25.7 Å². The Morgan fingerprint density at radius 2 is 0.424 bits per heavy atom. The summed E-state index contributed by atoms with van der Waals surface area (Å²) in [5, 5.41) is 10.6. The lowest BCUT2D eigenvalue weighted by molar-refractivity contribution is -0.161. The van der Waals surface area contributed by atoms with Gasteiger partial charge in [0.25, 0.3) is 0 Å². The number of carbonyl (C=O) groups is 4. The molecule has 0 amide bonds. The van der Waals surface area contributed by atoms with Crippen molar-refractivity contribution in [2.24, 2.45) is 23.7 Å². The summed E-state index contributed by atoms with van der Waals surface area (Å²) in [7, 11) is -9.92. The third kappa shape index (κ3) is 74.1. The van der Waals surface area contributed by atoms with E-state index in [4.69, 9.17) is 37.0 Å². The van der Waals surface area contributed by atoms with Gasteiger partial charge in [0, 0.05) is 25.7 Å². The van der Waals surface area contributed by atoms with E-state index in [9.17, 15) is 43.2 Å². The first-order chi connectivity index (χ1) is 47.6. The van der Waals surface area contributed by atoms with Crippen LogP contribution in [0.4, 0.5) is 0 Å². The Bertz CT molecular complexity index is 1940. The summed E-state index contributed by atoms with van der Waals surface area (Å²) in [4.78, 5) is 72.9. The van der Waals surface area contributed by atoms with Gasteiger partial charge in [-0.05, 0) is 49.4 Å². The molecule has 99 heavy (non-hydrogen) atoms. The monoisotopic (exact) mass is 1450 g/mol. The Kier molecular flexibility index (Phi) is 67.8. The van der Waals surface area contributed by atoms with Crippen molar-refractivity contribution in [3.63, 3.8) is 0 Å². The molecular formula is C80H156O17P2.